The number of benzene rings is 2. The van der Waals surface area contributed by atoms with Crippen LogP contribution in [0, 0.1) is 11.3 Å². The first-order valence-corrected chi connectivity index (χ1v) is 6.81. The first-order chi connectivity index (χ1) is 8.19. The van der Waals surface area contributed by atoms with E-state index in [9.17, 15) is 0 Å². The number of hydrogen-bond acceptors (Lipinski definition) is 2. The maximum atomic E-state index is 8.94. The van der Waals surface area contributed by atoms with E-state index >= 15 is 0 Å². The highest BCUT2D eigenvalue weighted by molar-refractivity contribution is 9.10. The zero-order chi connectivity index (χ0) is 12.3. The van der Waals surface area contributed by atoms with Gasteiger partial charge in [-0.3, -0.25) is 0 Å². The highest BCUT2D eigenvalue weighted by Gasteiger charge is 2.02. The number of nitriles is 1. The normalized spacial score (nSPS) is 9.94. The molecular formula is C13H7BrClNS. The Hall–Kier alpha value is -0.950. The topological polar surface area (TPSA) is 23.8 Å². The van der Waals surface area contributed by atoms with Gasteiger partial charge in [0.2, 0.25) is 0 Å². The molecule has 0 atom stereocenters. The average molecular weight is 325 g/mol. The molecule has 0 fully saturated rings. The molecule has 0 aromatic heterocycles. The van der Waals surface area contributed by atoms with E-state index in [1.165, 1.54) is 0 Å². The lowest BCUT2D eigenvalue weighted by Gasteiger charge is -2.03. The van der Waals surface area contributed by atoms with E-state index in [2.05, 4.69) is 22.0 Å². The molecule has 17 heavy (non-hydrogen) atoms. The van der Waals surface area contributed by atoms with Gasteiger partial charge in [-0.2, -0.15) is 5.26 Å². The van der Waals surface area contributed by atoms with Crippen molar-refractivity contribution >= 4 is 39.3 Å². The summed E-state index contributed by atoms with van der Waals surface area (Å²) in [5, 5.41) is 9.66. The minimum Gasteiger partial charge on any atom is -0.192 e. The molecule has 2 rings (SSSR count). The molecule has 0 amide bonds. The summed E-state index contributed by atoms with van der Waals surface area (Å²) in [6.45, 7) is 0. The van der Waals surface area contributed by atoms with Crippen LogP contribution in [-0.2, 0) is 0 Å². The summed E-state index contributed by atoms with van der Waals surface area (Å²) in [5.41, 5.74) is 0.643. The van der Waals surface area contributed by atoms with Gasteiger partial charge < -0.3 is 0 Å². The molecule has 0 aliphatic heterocycles. The highest BCUT2D eigenvalue weighted by atomic mass is 79.9. The quantitative estimate of drug-likeness (QED) is 0.765. The Labute approximate surface area is 118 Å². The second-order valence-electron chi connectivity index (χ2n) is 3.31. The molecule has 0 radical (unpaired) electrons. The summed E-state index contributed by atoms with van der Waals surface area (Å²) in [4.78, 5) is 2.13. The van der Waals surface area contributed by atoms with Crippen LogP contribution in [-0.4, -0.2) is 0 Å². The Kier molecular flexibility index (Phi) is 4.11. The Morgan fingerprint density at radius 3 is 2.35 bits per heavy atom. The second-order valence-corrected chi connectivity index (χ2v) is 5.75. The summed E-state index contributed by atoms with van der Waals surface area (Å²) in [5.74, 6) is 0. The molecule has 2 aromatic rings. The number of rotatable bonds is 2. The fourth-order valence-corrected chi connectivity index (χ4v) is 2.61. The number of nitrogens with zero attached hydrogens (tertiary/aromatic N) is 1. The predicted molar refractivity (Wildman–Crippen MR) is 74.4 cm³/mol. The minimum atomic E-state index is 0.643. The van der Waals surface area contributed by atoms with E-state index in [0.717, 1.165) is 19.3 Å². The molecule has 2 aromatic carbocycles. The van der Waals surface area contributed by atoms with Gasteiger partial charge >= 0.3 is 0 Å². The predicted octanol–water partition coefficient (Wildman–Crippen LogP) is 5.13. The molecule has 0 aliphatic carbocycles. The lowest BCUT2D eigenvalue weighted by Crippen LogP contribution is -1.79. The zero-order valence-electron chi connectivity index (χ0n) is 8.65. The van der Waals surface area contributed by atoms with Crippen molar-refractivity contribution < 1.29 is 0 Å². The zero-order valence-corrected chi connectivity index (χ0v) is 11.8. The van der Waals surface area contributed by atoms with Gasteiger partial charge in [-0.25, -0.2) is 0 Å². The van der Waals surface area contributed by atoms with Gasteiger partial charge in [-0.05, 0) is 58.4 Å². The third-order valence-corrected chi connectivity index (χ3v) is 4.05. The van der Waals surface area contributed by atoms with E-state index in [-0.39, 0.29) is 0 Å². The smallest absolute Gasteiger partial charge is 0.100 e. The average Bonchev–Trinajstić information content (AvgIpc) is 2.34. The van der Waals surface area contributed by atoms with Crippen LogP contribution < -0.4 is 0 Å². The van der Waals surface area contributed by atoms with Crippen molar-refractivity contribution in [3.63, 3.8) is 0 Å². The van der Waals surface area contributed by atoms with Crippen molar-refractivity contribution in [1.82, 2.24) is 0 Å². The van der Waals surface area contributed by atoms with Gasteiger partial charge in [0.25, 0.3) is 0 Å². The lowest BCUT2D eigenvalue weighted by atomic mass is 10.2. The Morgan fingerprint density at radius 2 is 1.71 bits per heavy atom. The molecule has 0 aliphatic rings. The van der Waals surface area contributed by atoms with Crippen molar-refractivity contribution in [2.45, 2.75) is 9.79 Å². The summed E-state index contributed by atoms with van der Waals surface area (Å²) in [6.07, 6.45) is 0. The van der Waals surface area contributed by atoms with Crippen LogP contribution in [0.5, 0.6) is 0 Å². The molecule has 4 heteroatoms. The maximum Gasteiger partial charge on any atom is 0.100 e. The van der Waals surface area contributed by atoms with Gasteiger partial charge in [-0.15, -0.1) is 0 Å². The van der Waals surface area contributed by atoms with Crippen LogP contribution in [0.25, 0.3) is 0 Å². The fourth-order valence-electron chi connectivity index (χ4n) is 1.29. The minimum absolute atomic E-state index is 0.643. The van der Waals surface area contributed by atoms with E-state index < -0.39 is 0 Å². The molecule has 1 nitrogen and oxygen atoms in total. The SMILES string of the molecule is N#Cc1cc(Sc2ccc(Cl)cc2)ccc1Br. The molecule has 0 heterocycles. The Morgan fingerprint density at radius 1 is 1.06 bits per heavy atom. The Balaban J connectivity index is 2.25. The first kappa shape index (κ1) is 12.5. The van der Waals surface area contributed by atoms with Gasteiger partial charge in [0, 0.05) is 19.3 Å². The molecule has 84 valence electrons. The highest BCUT2D eigenvalue weighted by Crippen LogP contribution is 2.30. The fraction of sp³-hybridized carbons (Fsp3) is 0. The van der Waals surface area contributed by atoms with E-state index in [1.807, 2.05) is 42.5 Å². The van der Waals surface area contributed by atoms with Crippen LogP contribution in [0.3, 0.4) is 0 Å². The summed E-state index contributed by atoms with van der Waals surface area (Å²) in [6, 6.07) is 15.5. The van der Waals surface area contributed by atoms with Gasteiger partial charge in [0.05, 0.1) is 5.56 Å². The standard InChI is InChI=1S/C13H7BrClNS/c14-13-6-5-12(7-9(13)8-16)17-11-3-1-10(15)2-4-11/h1-7H. The van der Waals surface area contributed by atoms with Gasteiger partial charge in [0.1, 0.15) is 6.07 Å². The monoisotopic (exact) mass is 323 g/mol. The summed E-state index contributed by atoms with van der Waals surface area (Å²) < 4.78 is 0.820. The molecule has 0 saturated heterocycles. The third kappa shape index (κ3) is 3.26. The van der Waals surface area contributed by atoms with Crippen molar-refractivity contribution in [3.05, 3.63) is 57.5 Å². The van der Waals surface area contributed by atoms with E-state index in [0.29, 0.717) is 5.56 Å². The molecular weight excluding hydrogens is 318 g/mol. The van der Waals surface area contributed by atoms with Crippen LogP contribution in [0.4, 0.5) is 0 Å². The van der Waals surface area contributed by atoms with E-state index in [1.54, 1.807) is 11.8 Å². The van der Waals surface area contributed by atoms with Crippen molar-refractivity contribution in [2.24, 2.45) is 0 Å². The summed E-state index contributed by atoms with van der Waals surface area (Å²) >= 11 is 10.8. The molecule has 0 unspecified atom stereocenters. The molecule has 0 bridgehead atoms. The van der Waals surface area contributed by atoms with E-state index in [4.69, 9.17) is 16.9 Å². The second kappa shape index (κ2) is 5.59. The van der Waals surface area contributed by atoms with Crippen LogP contribution >= 0.6 is 39.3 Å². The van der Waals surface area contributed by atoms with Crippen LogP contribution in [0.1, 0.15) is 5.56 Å². The molecule has 0 N–H and O–H groups in total. The summed E-state index contributed by atoms with van der Waals surface area (Å²) in [7, 11) is 0. The lowest BCUT2D eigenvalue weighted by molar-refractivity contribution is 1.36. The van der Waals surface area contributed by atoms with Gasteiger partial charge in [0.15, 0.2) is 0 Å². The first-order valence-electron chi connectivity index (χ1n) is 4.82. The van der Waals surface area contributed by atoms with Gasteiger partial charge in [-0.1, -0.05) is 23.4 Å². The largest absolute Gasteiger partial charge is 0.192 e. The van der Waals surface area contributed by atoms with Crippen molar-refractivity contribution in [2.75, 3.05) is 0 Å². The molecule has 0 spiro atoms. The van der Waals surface area contributed by atoms with Crippen molar-refractivity contribution in [3.8, 4) is 6.07 Å². The third-order valence-electron chi connectivity index (χ3n) is 2.11. The van der Waals surface area contributed by atoms with Crippen LogP contribution in [0.15, 0.2) is 56.7 Å². The Bertz CT molecular complexity index is 575. The number of hydrogen-bond donors (Lipinski definition) is 0. The number of halogens is 2. The molecule has 0 saturated carbocycles. The van der Waals surface area contributed by atoms with Crippen LogP contribution in [0.2, 0.25) is 5.02 Å². The van der Waals surface area contributed by atoms with Crippen molar-refractivity contribution in [1.29, 1.82) is 5.26 Å². The maximum absolute atomic E-state index is 8.94.